The Hall–Kier alpha value is -2.50. The van der Waals surface area contributed by atoms with Gasteiger partial charge in [-0.1, -0.05) is 13.8 Å². The molecule has 0 unspecified atom stereocenters. The summed E-state index contributed by atoms with van der Waals surface area (Å²) in [4.78, 5) is 24.3. The average Bonchev–Trinajstić information content (AvgIpc) is 2.54. The summed E-state index contributed by atoms with van der Waals surface area (Å²) in [6.07, 6.45) is 7.52. The molecule has 2 aromatic heterocycles. The van der Waals surface area contributed by atoms with Crippen molar-refractivity contribution in [2.45, 2.75) is 26.8 Å². The monoisotopic (exact) mass is 299 g/mol. The van der Waals surface area contributed by atoms with Crippen LogP contribution in [0.5, 0.6) is 0 Å². The molecule has 0 fully saturated rings. The van der Waals surface area contributed by atoms with Gasteiger partial charge in [0.25, 0.3) is 5.91 Å². The number of pyridine rings is 1. The van der Waals surface area contributed by atoms with Crippen molar-refractivity contribution in [2.24, 2.45) is 5.92 Å². The van der Waals surface area contributed by atoms with E-state index in [4.69, 9.17) is 0 Å². The van der Waals surface area contributed by atoms with E-state index in [9.17, 15) is 4.79 Å². The van der Waals surface area contributed by atoms with Crippen molar-refractivity contribution in [3.8, 4) is 0 Å². The minimum absolute atomic E-state index is 0.238. The quantitative estimate of drug-likeness (QED) is 0.819. The molecule has 0 aromatic carbocycles. The van der Waals surface area contributed by atoms with E-state index >= 15 is 0 Å². The van der Waals surface area contributed by atoms with Crippen molar-refractivity contribution in [2.75, 3.05) is 11.9 Å². The predicted octanol–water partition coefficient (Wildman–Crippen LogP) is 2.26. The zero-order valence-electron chi connectivity index (χ0n) is 12.9. The maximum Gasteiger partial charge on any atom is 0.271 e. The number of aromatic nitrogens is 3. The average molecular weight is 299 g/mol. The van der Waals surface area contributed by atoms with Gasteiger partial charge in [-0.05, 0) is 30.0 Å². The van der Waals surface area contributed by atoms with Crippen LogP contribution >= 0.6 is 0 Å². The van der Waals surface area contributed by atoms with Gasteiger partial charge in [0.15, 0.2) is 0 Å². The second kappa shape index (κ2) is 8.07. The van der Waals surface area contributed by atoms with Crippen LogP contribution in [-0.2, 0) is 6.54 Å². The van der Waals surface area contributed by atoms with Gasteiger partial charge in [0, 0.05) is 25.5 Å². The van der Waals surface area contributed by atoms with Crippen molar-refractivity contribution < 1.29 is 4.79 Å². The number of anilines is 1. The first-order valence-electron chi connectivity index (χ1n) is 7.38. The lowest BCUT2D eigenvalue weighted by molar-refractivity contribution is 0.0945. The fourth-order valence-corrected chi connectivity index (χ4v) is 1.80. The third-order valence-electron chi connectivity index (χ3n) is 3.11. The molecular formula is C16H21N5O. The highest BCUT2D eigenvalue weighted by molar-refractivity contribution is 5.91. The Morgan fingerprint density at radius 2 is 1.95 bits per heavy atom. The van der Waals surface area contributed by atoms with Gasteiger partial charge in [0.2, 0.25) is 0 Å². The van der Waals surface area contributed by atoms with Gasteiger partial charge in [-0.3, -0.25) is 9.78 Å². The molecule has 6 heteroatoms. The second-order valence-electron chi connectivity index (χ2n) is 5.43. The van der Waals surface area contributed by atoms with E-state index in [0.717, 1.165) is 18.5 Å². The number of amides is 1. The van der Waals surface area contributed by atoms with Crippen LogP contribution in [0.4, 0.5) is 5.82 Å². The molecule has 0 aliphatic rings. The van der Waals surface area contributed by atoms with Gasteiger partial charge in [-0.2, -0.15) is 0 Å². The van der Waals surface area contributed by atoms with Gasteiger partial charge in [-0.15, -0.1) is 0 Å². The highest BCUT2D eigenvalue weighted by Crippen LogP contribution is 2.04. The molecule has 116 valence electrons. The van der Waals surface area contributed by atoms with Crippen molar-refractivity contribution in [3.05, 3.63) is 48.2 Å². The summed E-state index contributed by atoms with van der Waals surface area (Å²) >= 11 is 0. The Kier molecular flexibility index (Phi) is 5.82. The lowest BCUT2D eigenvalue weighted by atomic mass is 10.1. The highest BCUT2D eigenvalue weighted by Gasteiger charge is 2.07. The molecule has 2 aromatic rings. The zero-order chi connectivity index (χ0) is 15.8. The third kappa shape index (κ3) is 5.12. The molecule has 0 spiro atoms. The molecule has 0 saturated carbocycles. The molecule has 2 heterocycles. The van der Waals surface area contributed by atoms with Crippen molar-refractivity contribution in [3.63, 3.8) is 0 Å². The topological polar surface area (TPSA) is 79.8 Å². The molecule has 6 nitrogen and oxygen atoms in total. The predicted molar refractivity (Wildman–Crippen MR) is 85.4 cm³/mol. The van der Waals surface area contributed by atoms with Crippen LogP contribution < -0.4 is 10.6 Å². The van der Waals surface area contributed by atoms with Gasteiger partial charge >= 0.3 is 0 Å². The molecule has 2 N–H and O–H groups in total. The van der Waals surface area contributed by atoms with E-state index < -0.39 is 0 Å². The standard InChI is InChI=1S/C16H21N5O/c1-12(2)3-8-18-15-11-19-14(10-20-15)16(22)21-9-13-4-6-17-7-5-13/h4-7,10-12H,3,8-9H2,1-2H3,(H,18,20)(H,21,22). The lowest BCUT2D eigenvalue weighted by Crippen LogP contribution is -2.24. The van der Waals surface area contributed by atoms with E-state index in [1.807, 2.05) is 12.1 Å². The maximum atomic E-state index is 12.0. The van der Waals surface area contributed by atoms with Crippen LogP contribution in [0.15, 0.2) is 36.9 Å². The highest BCUT2D eigenvalue weighted by atomic mass is 16.1. The fourth-order valence-electron chi connectivity index (χ4n) is 1.80. The molecule has 1 amide bonds. The zero-order valence-corrected chi connectivity index (χ0v) is 12.9. The third-order valence-corrected chi connectivity index (χ3v) is 3.11. The fraction of sp³-hybridized carbons (Fsp3) is 0.375. The normalized spacial score (nSPS) is 10.5. The van der Waals surface area contributed by atoms with Gasteiger partial charge in [0.05, 0.1) is 12.4 Å². The largest absolute Gasteiger partial charge is 0.369 e. The Morgan fingerprint density at radius 1 is 1.18 bits per heavy atom. The van der Waals surface area contributed by atoms with E-state index in [1.54, 1.807) is 18.6 Å². The summed E-state index contributed by atoms with van der Waals surface area (Å²) in [7, 11) is 0. The SMILES string of the molecule is CC(C)CCNc1cnc(C(=O)NCc2ccncc2)cn1. The van der Waals surface area contributed by atoms with Crippen molar-refractivity contribution in [1.29, 1.82) is 0 Å². The first-order valence-corrected chi connectivity index (χ1v) is 7.38. The number of nitrogens with zero attached hydrogens (tertiary/aromatic N) is 3. The molecular weight excluding hydrogens is 278 g/mol. The Bertz CT molecular complexity index is 583. The van der Waals surface area contributed by atoms with Gasteiger partial charge in [0.1, 0.15) is 11.5 Å². The van der Waals surface area contributed by atoms with Crippen LogP contribution in [0.25, 0.3) is 0 Å². The summed E-state index contributed by atoms with van der Waals surface area (Å²) in [5, 5.41) is 5.99. The number of hydrogen-bond acceptors (Lipinski definition) is 5. The molecule has 22 heavy (non-hydrogen) atoms. The Labute approximate surface area is 130 Å². The number of hydrogen-bond donors (Lipinski definition) is 2. The number of rotatable bonds is 7. The molecule has 0 radical (unpaired) electrons. The van der Waals surface area contributed by atoms with E-state index in [2.05, 4.69) is 39.4 Å². The second-order valence-corrected chi connectivity index (χ2v) is 5.43. The summed E-state index contributed by atoms with van der Waals surface area (Å²) in [5.74, 6) is 1.09. The molecule has 0 atom stereocenters. The van der Waals surface area contributed by atoms with Crippen LogP contribution in [0.1, 0.15) is 36.3 Å². The van der Waals surface area contributed by atoms with Crippen molar-refractivity contribution >= 4 is 11.7 Å². The van der Waals surface area contributed by atoms with Crippen LogP contribution in [0, 0.1) is 5.92 Å². The minimum Gasteiger partial charge on any atom is -0.369 e. The molecule has 0 aliphatic heterocycles. The summed E-state index contributed by atoms with van der Waals surface area (Å²) in [5.41, 5.74) is 1.30. The first kappa shape index (κ1) is 15.9. The Balaban J connectivity index is 1.83. The van der Waals surface area contributed by atoms with E-state index in [0.29, 0.717) is 24.0 Å². The molecule has 0 saturated heterocycles. The van der Waals surface area contributed by atoms with Crippen LogP contribution in [0.3, 0.4) is 0 Å². The van der Waals surface area contributed by atoms with E-state index in [-0.39, 0.29) is 5.91 Å². The summed E-state index contributed by atoms with van der Waals surface area (Å²) in [6.45, 7) is 5.63. The van der Waals surface area contributed by atoms with Gasteiger partial charge < -0.3 is 10.6 Å². The number of carbonyl (C=O) groups is 1. The van der Waals surface area contributed by atoms with Crippen molar-refractivity contribution in [1.82, 2.24) is 20.3 Å². The summed E-state index contributed by atoms with van der Waals surface area (Å²) in [6, 6.07) is 3.71. The minimum atomic E-state index is -0.238. The van der Waals surface area contributed by atoms with Crippen LogP contribution in [0.2, 0.25) is 0 Å². The maximum absolute atomic E-state index is 12.0. The molecule has 0 bridgehead atoms. The summed E-state index contributed by atoms with van der Waals surface area (Å²) < 4.78 is 0. The first-order chi connectivity index (χ1) is 10.6. The number of nitrogens with one attached hydrogen (secondary N) is 2. The van der Waals surface area contributed by atoms with E-state index in [1.165, 1.54) is 6.20 Å². The Morgan fingerprint density at radius 3 is 2.59 bits per heavy atom. The smallest absolute Gasteiger partial charge is 0.271 e. The molecule has 0 aliphatic carbocycles. The number of carbonyl (C=O) groups excluding carboxylic acids is 1. The van der Waals surface area contributed by atoms with Gasteiger partial charge in [-0.25, -0.2) is 9.97 Å². The lowest BCUT2D eigenvalue weighted by Gasteiger charge is -2.08. The molecule has 2 rings (SSSR count). The van der Waals surface area contributed by atoms with Crippen LogP contribution in [-0.4, -0.2) is 27.4 Å².